The molecule has 98 valence electrons. The maximum atomic E-state index is 13.5. The fraction of sp³-hybridized carbons (Fsp3) is 0.0625. The Bertz CT molecular complexity index is 786. The third-order valence-electron chi connectivity index (χ3n) is 3.07. The highest BCUT2D eigenvalue weighted by Crippen LogP contribution is 2.14. The van der Waals surface area contributed by atoms with Crippen molar-refractivity contribution >= 4 is 16.7 Å². The first kappa shape index (κ1) is 12.4. The summed E-state index contributed by atoms with van der Waals surface area (Å²) in [6.07, 6.45) is 2.52. The highest BCUT2D eigenvalue weighted by atomic mass is 19.1. The molecule has 0 bridgehead atoms. The maximum Gasteiger partial charge on any atom is 0.171 e. The van der Waals surface area contributed by atoms with Gasteiger partial charge in [-0.3, -0.25) is 14.8 Å². The summed E-state index contributed by atoms with van der Waals surface area (Å²) >= 11 is 0. The molecule has 3 aromatic rings. The van der Waals surface area contributed by atoms with Gasteiger partial charge in [0.25, 0.3) is 0 Å². The molecular formula is C16H11FN2O. The Labute approximate surface area is 115 Å². The monoisotopic (exact) mass is 266 g/mol. The SMILES string of the molecule is O=C(Cc1ccc2ccccc2n1)c1ccncc1F. The minimum atomic E-state index is -0.599. The van der Waals surface area contributed by atoms with Crippen LogP contribution in [0.15, 0.2) is 54.9 Å². The number of ketones is 1. The Morgan fingerprint density at radius 2 is 1.95 bits per heavy atom. The largest absolute Gasteiger partial charge is 0.294 e. The van der Waals surface area contributed by atoms with Crippen molar-refractivity contribution in [3.63, 3.8) is 0 Å². The lowest BCUT2D eigenvalue weighted by Gasteiger charge is -2.03. The van der Waals surface area contributed by atoms with Crippen molar-refractivity contribution in [1.29, 1.82) is 0 Å². The number of hydrogen-bond acceptors (Lipinski definition) is 3. The number of halogens is 1. The molecule has 3 rings (SSSR count). The number of Topliss-reactive ketones (excluding diaryl/α,β-unsaturated/α-hetero) is 1. The second kappa shape index (κ2) is 5.17. The topological polar surface area (TPSA) is 42.9 Å². The molecule has 3 nitrogen and oxygen atoms in total. The van der Waals surface area contributed by atoms with Gasteiger partial charge in [0, 0.05) is 17.3 Å². The molecular weight excluding hydrogens is 255 g/mol. The van der Waals surface area contributed by atoms with Crippen molar-refractivity contribution in [3.05, 3.63) is 71.9 Å². The minimum absolute atomic E-state index is 0.0509. The highest BCUT2D eigenvalue weighted by molar-refractivity contribution is 5.97. The molecule has 0 aliphatic rings. The van der Waals surface area contributed by atoms with Crippen LogP contribution in [0.1, 0.15) is 16.1 Å². The zero-order valence-corrected chi connectivity index (χ0v) is 10.6. The zero-order valence-electron chi connectivity index (χ0n) is 10.6. The first-order chi connectivity index (χ1) is 9.74. The Morgan fingerprint density at radius 3 is 2.80 bits per heavy atom. The summed E-state index contributed by atoms with van der Waals surface area (Å²) in [5.74, 6) is -0.897. The Hall–Kier alpha value is -2.62. The summed E-state index contributed by atoms with van der Waals surface area (Å²) in [7, 11) is 0. The van der Waals surface area contributed by atoms with Gasteiger partial charge in [-0.2, -0.15) is 0 Å². The van der Waals surface area contributed by atoms with Crippen LogP contribution >= 0.6 is 0 Å². The van der Waals surface area contributed by atoms with Crippen molar-refractivity contribution in [2.45, 2.75) is 6.42 Å². The van der Waals surface area contributed by atoms with Gasteiger partial charge in [0.1, 0.15) is 0 Å². The van der Waals surface area contributed by atoms with E-state index in [-0.39, 0.29) is 17.8 Å². The van der Waals surface area contributed by atoms with Crippen LogP contribution in [0, 0.1) is 5.82 Å². The number of para-hydroxylation sites is 1. The van der Waals surface area contributed by atoms with Crippen molar-refractivity contribution in [2.24, 2.45) is 0 Å². The van der Waals surface area contributed by atoms with Crippen LogP contribution in [-0.4, -0.2) is 15.8 Å². The number of pyridine rings is 2. The van der Waals surface area contributed by atoms with Gasteiger partial charge in [-0.1, -0.05) is 24.3 Å². The summed E-state index contributed by atoms with van der Waals surface area (Å²) in [6.45, 7) is 0. The van der Waals surface area contributed by atoms with Crippen LogP contribution in [0.5, 0.6) is 0 Å². The summed E-state index contributed by atoms with van der Waals surface area (Å²) in [5, 5.41) is 1.01. The maximum absolute atomic E-state index is 13.5. The molecule has 0 saturated carbocycles. The van der Waals surface area contributed by atoms with Crippen molar-refractivity contribution in [1.82, 2.24) is 9.97 Å². The van der Waals surface area contributed by atoms with Crippen LogP contribution in [0.4, 0.5) is 4.39 Å². The van der Waals surface area contributed by atoms with Gasteiger partial charge in [0.15, 0.2) is 11.6 Å². The molecule has 2 heterocycles. The van der Waals surface area contributed by atoms with E-state index in [1.165, 1.54) is 12.3 Å². The lowest BCUT2D eigenvalue weighted by atomic mass is 10.1. The Balaban J connectivity index is 1.89. The molecule has 0 atom stereocenters. The van der Waals surface area contributed by atoms with E-state index in [0.29, 0.717) is 5.69 Å². The molecule has 20 heavy (non-hydrogen) atoms. The molecule has 0 N–H and O–H groups in total. The Morgan fingerprint density at radius 1 is 1.10 bits per heavy atom. The fourth-order valence-corrected chi connectivity index (χ4v) is 2.07. The van der Waals surface area contributed by atoms with Gasteiger partial charge >= 0.3 is 0 Å². The normalized spacial score (nSPS) is 10.7. The van der Waals surface area contributed by atoms with E-state index in [2.05, 4.69) is 9.97 Å². The third kappa shape index (κ3) is 2.40. The van der Waals surface area contributed by atoms with Crippen molar-refractivity contribution in [3.8, 4) is 0 Å². The number of rotatable bonds is 3. The second-order valence-corrected chi connectivity index (χ2v) is 4.45. The summed E-state index contributed by atoms with van der Waals surface area (Å²) in [5.41, 5.74) is 1.51. The van der Waals surface area contributed by atoms with E-state index in [9.17, 15) is 9.18 Å². The number of carbonyl (C=O) groups excluding carboxylic acids is 1. The zero-order chi connectivity index (χ0) is 13.9. The Kier molecular flexibility index (Phi) is 3.21. The number of carbonyl (C=O) groups is 1. The molecule has 0 radical (unpaired) electrons. The second-order valence-electron chi connectivity index (χ2n) is 4.45. The van der Waals surface area contributed by atoms with Gasteiger partial charge in [0.05, 0.1) is 23.7 Å². The summed E-state index contributed by atoms with van der Waals surface area (Å²) < 4.78 is 13.5. The molecule has 1 aromatic carbocycles. The number of hydrogen-bond donors (Lipinski definition) is 0. The van der Waals surface area contributed by atoms with Gasteiger partial charge < -0.3 is 0 Å². The highest BCUT2D eigenvalue weighted by Gasteiger charge is 2.12. The molecule has 0 saturated heterocycles. The number of fused-ring (bicyclic) bond motifs is 1. The minimum Gasteiger partial charge on any atom is -0.294 e. The number of benzene rings is 1. The van der Waals surface area contributed by atoms with Gasteiger partial charge in [-0.05, 0) is 18.2 Å². The fourth-order valence-electron chi connectivity index (χ4n) is 2.07. The molecule has 0 fully saturated rings. The molecule has 0 amide bonds. The number of aromatic nitrogens is 2. The van der Waals surface area contributed by atoms with Gasteiger partial charge in [-0.25, -0.2) is 4.39 Å². The van der Waals surface area contributed by atoms with E-state index in [1.54, 1.807) is 6.07 Å². The van der Waals surface area contributed by atoms with Gasteiger partial charge in [0.2, 0.25) is 0 Å². The quantitative estimate of drug-likeness (QED) is 0.684. The van der Waals surface area contributed by atoms with Crippen molar-refractivity contribution in [2.75, 3.05) is 0 Å². The smallest absolute Gasteiger partial charge is 0.171 e. The average molecular weight is 266 g/mol. The van der Waals surface area contributed by atoms with Crippen LogP contribution in [0.2, 0.25) is 0 Å². The predicted molar refractivity (Wildman–Crippen MR) is 74.0 cm³/mol. The molecule has 0 aliphatic heterocycles. The third-order valence-corrected chi connectivity index (χ3v) is 3.07. The lowest BCUT2D eigenvalue weighted by Crippen LogP contribution is -2.07. The lowest BCUT2D eigenvalue weighted by molar-refractivity contribution is 0.0988. The van der Waals surface area contributed by atoms with E-state index < -0.39 is 5.82 Å². The number of nitrogens with zero attached hydrogens (tertiary/aromatic N) is 2. The van der Waals surface area contributed by atoms with Crippen LogP contribution in [0.25, 0.3) is 10.9 Å². The van der Waals surface area contributed by atoms with Gasteiger partial charge in [-0.15, -0.1) is 0 Å². The van der Waals surface area contributed by atoms with Crippen LogP contribution < -0.4 is 0 Å². The first-order valence-electron chi connectivity index (χ1n) is 6.21. The van der Waals surface area contributed by atoms with Crippen molar-refractivity contribution < 1.29 is 9.18 Å². The van der Waals surface area contributed by atoms with E-state index >= 15 is 0 Å². The van der Waals surface area contributed by atoms with E-state index in [1.807, 2.05) is 30.3 Å². The molecule has 4 heteroatoms. The molecule has 2 aromatic heterocycles. The first-order valence-corrected chi connectivity index (χ1v) is 6.21. The molecule has 0 unspecified atom stereocenters. The molecule has 0 spiro atoms. The average Bonchev–Trinajstić information content (AvgIpc) is 2.47. The van der Waals surface area contributed by atoms with Crippen LogP contribution in [-0.2, 0) is 6.42 Å². The summed E-state index contributed by atoms with van der Waals surface area (Å²) in [4.78, 5) is 20.1. The standard InChI is InChI=1S/C16H11FN2O/c17-14-10-18-8-7-13(14)16(20)9-12-6-5-11-3-1-2-4-15(11)19-12/h1-8,10H,9H2. The molecule has 0 aliphatic carbocycles. The van der Waals surface area contributed by atoms with E-state index in [4.69, 9.17) is 0 Å². The van der Waals surface area contributed by atoms with Crippen LogP contribution in [0.3, 0.4) is 0 Å². The summed E-state index contributed by atoms with van der Waals surface area (Å²) in [6, 6.07) is 12.8. The van der Waals surface area contributed by atoms with E-state index in [0.717, 1.165) is 17.1 Å². The predicted octanol–water partition coefficient (Wildman–Crippen LogP) is 3.19.